The first-order valence-corrected chi connectivity index (χ1v) is 6.84. The molecule has 99 valence electrons. The van der Waals surface area contributed by atoms with Crippen molar-refractivity contribution in [1.82, 2.24) is 0 Å². The number of rotatable bonds is 2. The van der Waals surface area contributed by atoms with Gasteiger partial charge >= 0.3 is 7.69 Å². The summed E-state index contributed by atoms with van der Waals surface area (Å²) in [7, 11) is 0.735. The molecule has 0 unspecified atom stereocenters. The quantitative estimate of drug-likeness (QED) is 0.440. The second-order valence-corrected chi connectivity index (χ2v) is 5.03. The maximum absolute atomic E-state index is 9.02. The zero-order chi connectivity index (χ0) is 14.2. The van der Waals surface area contributed by atoms with Crippen LogP contribution in [0.1, 0.15) is 0 Å². The Bertz CT molecular complexity index is 963. The van der Waals surface area contributed by atoms with E-state index in [1.54, 1.807) is 0 Å². The van der Waals surface area contributed by atoms with Crippen molar-refractivity contribution < 1.29 is 9.68 Å². The maximum atomic E-state index is 9.02. The third-order valence-corrected chi connectivity index (χ3v) is 3.91. The largest absolute Gasteiger partial charge is 0.569 e. The standard InChI is InChI=1S/C18H12BO2/c20-19-21-18-11-17-13-6-2-1-5-12(13)9-10-15(17)14-7-3-4-8-16(14)18/h1-11,20H. The topological polar surface area (TPSA) is 29.5 Å². The highest BCUT2D eigenvalue weighted by molar-refractivity contribution is 6.22. The van der Waals surface area contributed by atoms with Crippen molar-refractivity contribution in [2.24, 2.45) is 0 Å². The smallest absolute Gasteiger partial charge is 0.537 e. The third kappa shape index (κ3) is 1.86. The number of fused-ring (bicyclic) bond motifs is 5. The summed E-state index contributed by atoms with van der Waals surface area (Å²) in [4.78, 5) is 0. The maximum Gasteiger partial charge on any atom is 0.569 e. The van der Waals surface area contributed by atoms with Crippen LogP contribution in [0.5, 0.6) is 5.75 Å². The molecule has 4 aromatic rings. The van der Waals surface area contributed by atoms with Crippen molar-refractivity contribution in [3.8, 4) is 5.75 Å². The molecule has 4 rings (SSSR count). The third-order valence-electron chi connectivity index (χ3n) is 3.91. The molecule has 0 atom stereocenters. The molecule has 0 aliphatic carbocycles. The molecule has 0 saturated heterocycles. The van der Waals surface area contributed by atoms with Gasteiger partial charge in [-0.25, -0.2) is 0 Å². The van der Waals surface area contributed by atoms with Crippen LogP contribution in [0.3, 0.4) is 0 Å². The van der Waals surface area contributed by atoms with E-state index >= 15 is 0 Å². The van der Waals surface area contributed by atoms with Gasteiger partial charge in [-0.15, -0.1) is 0 Å². The summed E-state index contributed by atoms with van der Waals surface area (Å²) in [6, 6.07) is 22.6. The second-order valence-electron chi connectivity index (χ2n) is 5.03. The normalized spacial score (nSPS) is 11.1. The molecule has 0 aliphatic rings. The molecule has 1 radical (unpaired) electrons. The predicted molar refractivity (Wildman–Crippen MR) is 87.6 cm³/mol. The van der Waals surface area contributed by atoms with Gasteiger partial charge in [-0.2, -0.15) is 0 Å². The summed E-state index contributed by atoms with van der Waals surface area (Å²) in [5, 5.41) is 15.8. The zero-order valence-electron chi connectivity index (χ0n) is 11.3. The SMILES string of the molecule is O[B]Oc1cc2c3ccccc3ccc2c2ccccc12. The minimum Gasteiger partial charge on any atom is -0.537 e. The molecule has 0 saturated carbocycles. The fourth-order valence-electron chi connectivity index (χ4n) is 2.98. The number of benzene rings is 4. The van der Waals surface area contributed by atoms with E-state index in [1.165, 1.54) is 16.2 Å². The van der Waals surface area contributed by atoms with E-state index in [-0.39, 0.29) is 0 Å². The van der Waals surface area contributed by atoms with Crippen LogP contribution in [0.25, 0.3) is 32.3 Å². The van der Waals surface area contributed by atoms with E-state index in [9.17, 15) is 0 Å². The highest BCUT2D eigenvalue weighted by Crippen LogP contribution is 2.36. The zero-order valence-corrected chi connectivity index (χ0v) is 11.3. The molecular weight excluding hydrogens is 259 g/mol. The summed E-state index contributed by atoms with van der Waals surface area (Å²) in [5.74, 6) is 0.664. The Labute approximate surface area is 122 Å². The minimum absolute atomic E-state index is 0.664. The summed E-state index contributed by atoms with van der Waals surface area (Å²) < 4.78 is 5.31. The van der Waals surface area contributed by atoms with Gasteiger partial charge in [0, 0.05) is 5.39 Å². The van der Waals surface area contributed by atoms with Gasteiger partial charge in [0.1, 0.15) is 5.75 Å². The summed E-state index contributed by atoms with van der Waals surface area (Å²) >= 11 is 0. The highest BCUT2D eigenvalue weighted by Gasteiger charge is 2.09. The lowest BCUT2D eigenvalue weighted by atomic mass is 9.96. The van der Waals surface area contributed by atoms with Crippen LogP contribution in [-0.4, -0.2) is 12.7 Å². The first-order chi connectivity index (χ1) is 10.4. The van der Waals surface area contributed by atoms with E-state index in [4.69, 9.17) is 9.68 Å². The van der Waals surface area contributed by atoms with Gasteiger partial charge in [0.25, 0.3) is 0 Å². The van der Waals surface area contributed by atoms with Crippen molar-refractivity contribution in [1.29, 1.82) is 0 Å². The summed E-state index contributed by atoms with van der Waals surface area (Å²) in [6.07, 6.45) is 0. The minimum atomic E-state index is 0.664. The molecule has 0 fully saturated rings. The van der Waals surface area contributed by atoms with Crippen LogP contribution >= 0.6 is 0 Å². The molecule has 1 N–H and O–H groups in total. The van der Waals surface area contributed by atoms with Gasteiger partial charge in [0.05, 0.1) is 0 Å². The summed E-state index contributed by atoms with van der Waals surface area (Å²) in [6.45, 7) is 0. The molecular formula is C18H12BO2. The summed E-state index contributed by atoms with van der Waals surface area (Å²) in [5.41, 5.74) is 0. The Morgan fingerprint density at radius 3 is 2.14 bits per heavy atom. The predicted octanol–water partition coefficient (Wildman–Crippen LogP) is 4.05. The Balaban J connectivity index is 2.23. The monoisotopic (exact) mass is 271 g/mol. The van der Waals surface area contributed by atoms with E-state index in [2.05, 4.69) is 30.3 Å². The van der Waals surface area contributed by atoms with Gasteiger partial charge in [-0.05, 0) is 33.0 Å². The van der Waals surface area contributed by atoms with Crippen molar-refractivity contribution in [2.75, 3.05) is 0 Å². The van der Waals surface area contributed by atoms with E-state index in [0.717, 1.165) is 23.8 Å². The van der Waals surface area contributed by atoms with Gasteiger partial charge in [0.2, 0.25) is 0 Å². The van der Waals surface area contributed by atoms with Crippen LogP contribution in [-0.2, 0) is 0 Å². The molecule has 0 bridgehead atoms. The first-order valence-electron chi connectivity index (χ1n) is 6.84. The molecule has 0 aromatic heterocycles. The van der Waals surface area contributed by atoms with Crippen LogP contribution in [0.4, 0.5) is 0 Å². The van der Waals surface area contributed by atoms with Gasteiger partial charge in [0.15, 0.2) is 0 Å². The van der Waals surface area contributed by atoms with Crippen molar-refractivity contribution in [3.05, 3.63) is 66.7 Å². The second kappa shape index (κ2) is 4.79. The molecule has 3 heteroatoms. The number of hydrogen-bond donors (Lipinski definition) is 1. The lowest BCUT2D eigenvalue weighted by Gasteiger charge is -2.12. The Morgan fingerprint density at radius 2 is 1.33 bits per heavy atom. The fourth-order valence-corrected chi connectivity index (χ4v) is 2.98. The Morgan fingerprint density at radius 1 is 0.667 bits per heavy atom. The van der Waals surface area contributed by atoms with Gasteiger partial charge in [-0.3, -0.25) is 0 Å². The lowest BCUT2D eigenvalue weighted by molar-refractivity contribution is 0.457. The molecule has 0 amide bonds. The van der Waals surface area contributed by atoms with E-state index < -0.39 is 0 Å². The van der Waals surface area contributed by atoms with Crippen molar-refractivity contribution in [3.63, 3.8) is 0 Å². The molecule has 0 aliphatic heterocycles. The average molecular weight is 271 g/mol. The molecule has 0 spiro atoms. The van der Waals surface area contributed by atoms with Gasteiger partial charge < -0.3 is 9.68 Å². The van der Waals surface area contributed by atoms with Gasteiger partial charge in [-0.1, -0.05) is 60.7 Å². The van der Waals surface area contributed by atoms with E-state index in [0.29, 0.717) is 5.75 Å². The lowest BCUT2D eigenvalue weighted by Crippen LogP contribution is -2.00. The Kier molecular flexibility index (Phi) is 2.79. The Hall–Kier alpha value is -2.52. The van der Waals surface area contributed by atoms with E-state index in [1.807, 2.05) is 36.4 Å². The molecule has 4 aromatic carbocycles. The van der Waals surface area contributed by atoms with Crippen LogP contribution in [0, 0.1) is 0 Å². The fraction of sp³-hybridized carbons (Fsp3) is 0. The van der Waals surface area contributed by atoms with Crippen molar-refractivity contribution in [2.45, 2.75) is 0 Å². The highest BCUT2D eigenvalue weighted by atomic mass is 16.5. The average Bonchev–Trinajstić information content (AvgIpc) is 2.55. The van der Waals surface area contributed by atoms with Crippen LogP contribution in [0.2, 0.25) is 0 Å². The molecule has 2 nitrogen and oxygen atoms in total. The van der Waals surface area contributed by atoms with Crippen LogP contribution in [0.15, 0.2) is 66.7 Å². The molecule has 21 heavy (non-hydrogen) atoms. The van der Waals surface area contributed by atoms with Crippen LogP contribution < -0.4 is 4.65 Å². The van der Waals surface area contributed by atoms with Crippen molar-refractivity contribution >= 4 is 40.0 Å². The molecule has 0 heterocycles. The first kappa shape index (κ1) is 12.2. The number of hydrogen-bond acceptors (Lipinski definition) is 2.